The summed E-state index contributed by atoms with van der Waals surface area (Å²) in [5.74, 6) is 0. The van der Waals surface area contributed by atoms with E-state index in [2.05, 4.69) is 0 Å². The predicted octanol–water partition coefficient (Wildman–Crippen LogP) is 1.60. The third-order valence-corrected chi connectivity index (χ3v) is 2.78. The summed E-state index contributed by atoms with van der Waals surface area (Å²) in [6.45, 7) is 0.475. The molecule has 1 rings (SSSR count). The highest BCUT2D eigenvalue weighted by molar-refractivity contribution is 7.91. The fraction of sp³-hybridized carbons (Fsp3) is 0.250. The van der Waals surface area contributed by atoms with E-state index >= 15 is 0 Å². The number of nitrogens with one attached hydrogen (secondary N) is 1. The molecule has 1 atom stereocenters. The van der Waals surface area contributed by atoms with E-state index in [1.54, 1.807) is 24.3 Å². The van der Waals surface area contributed by atoms with E-state index in [1.165, 1.54) is 6.26 Å². The first-order valence-electron chi connectivity index (χ1n) is 3.57. The number of hydrogen-bond acceptors (Lipinski definition) is 3. The second-order valence-corrected chi connectivity index (χ2v) is 4.85. The fourth-order valence-electron chi connectivity index (χ4n) is 0.885. The van der Waals surface area contributed by atoms with Crippen LogP contribution in [0.2, 0.25) is 0 Å². The predicted molar refractivity (Wildman–Crippen MR) is 56.6 cm³/mol. The third-order valence-electron chi connectivity index (χ3n) is 1.61. The van der Waals surface area contributed by atoms with Gasteiger partial charge >= 0.3 is 0 Å². The van der Waals surface area contributed by atoms with E-state index in [0.717, 1.165) is 5.56 Å². The standard InChI is InChI=1S/C8H12N2OS.ClH/c1-12(10,11)8-4-2-7(6-9)3-5-8;/h2-5,10H,6,9H2,1H3;1H. The second-order valence-electron chi connectivity index (χ2n) is 2.69. The van der Waals surface area contributed by atoms with Crippen LogP contribution < -0.4 is 5.73 Å². The van der Waals surface area contributed by atoms with Gasteiger partial charge in [0.15, 0.2) is 0 Å². The Bertz CT molecular complexity index is 358. The van der Waals surface area contributed by atoms with Gasteiger partial charge in [-0.15, -0.1) is 12.4 Å². The first-order chi connectivity index (χ1) is 5.54. The molecule has 1 aromatic carbocycles. The molecular weight excluding hydrogens is 208 g/mol. The zero-order chi connectivity index (χ0) is 9.19. The summed E-state index contributed by atoms with van der Waals surface area (Å²) in [4.78, 5) is 0.555. The average Bonchev–Trinajstić information content (AvgIpc) is 2.03. The van der Waals surface area contributed by atoms with E-state index in [9.17, 15) is 4.21 Å². The van der Waals surface area contributed by atoms with Gasteiger partial charge in [-0.1, -0.05) is 12.1 Å². The van der Waals surface area contributed by atoms with Gasteiger partial charge in [0.2, 0.25) is 0 Å². The van der Waals surface area contributed by atoms with Gasteiger partial charge in [-0.05, 0) is 17.7 Å². The minimum Gasteiger partial charge on any atom is -0.326 e. The Morgan fingerprint density at radius 1 is 1.38 bits per heavy atom. The summed E-state index contributed by atoms with van der Waals surface area (Å²) in [5.41, 5.74) is 6.38. The summed E-state index contributed by atoms with van der Waals surface area (Å²) in [5, 5.41) is 0. The molecule has 0 aromatic heterocycles. The minimum absolute atomic E-state index is 0. The molecule has 0 aliphatic rings. The molecule has 0 amide bonds. The summed E-state index contributed by atoms with van der Waals surface area (Å²) >= 11 is 0. The molecular formula is C8H13ClN2OS. The molecule has 13 heavy (non-hydrogen) atoms. The van der Waals surface area contributed by atoms with Gasteiger partial charge in [-0.25, -0.2) is 8.99 Å². The largest absolute Gasteiger partial charge is 0.326 e. The van der Waals surface area contributed by atoms with Crippen molar-refractivity contribution in [2.24, 2.45) is 5.73 Å². The molecule has 3 nitrogen and oxygen atoms in total. The molecule has 0 saturated carbocycles. The number of benzene rings is 1. The second kappa shape index (κ2) is 4.60. The van der Waals surface area contributed by atoms with Crippen LogP contribution in [0.15, 0.2) is 29.2 Å². The van der Waals surface area contributed by atoms with Crippen LogP contribution in [0.1, 0.15) is 5.56 Å². The SMILES string of the molecule is CS(=N)(=O)c1ccc(CN)cc1.Cl. The Labute approximate surface area is 84.7 Å². The molecule has 3 N–H and O–H groups in total. The molecule has 0 fully saturated rings. The minimum atomic E-state index is -2.57. The van der Waals surface area contributed by atoms with E-state index in [4.69, 9.17) is 10.5 Å². The molecule has 74 valence electrons. The quantitative estimate of drug-likeness (QED) is 0.795. The Balaban J connectivity index is 0.00000144. The molecule has 0 heterocycles. The Morgan fingerprint density at radius 2 is 1.85 bits per heavy atom. The molecule has 1 aromatic rings. The molecule has 0 radical (unpaired) electrons. The maximum absolute atomic E-state index is 11.2. The van der Waals surface area contributed by atoms with Crippen LogP contribution in [0.4, 0.5) is 0 Å². The lowest BCUT2D eigenvalue weighted by Crippen LogP contribution is -1.98. The van der Waals surface area contributed by atoms with Crippen molar-refractivity contribution in [3.8, 4) is 0 Å². The van der Waals surface area contributed by atoms with Gasteiger partial charge in [0.1, 0.15) is 0 Å². The van der Waals surface area contributed by atoms with Gasteiger partial charge in [-0.2, -0.15) is 0 Å². The van der Waals surface area contributed by atoms with Gasteiger partial charge in [0.05, 0.1) is 9.73 Å². The van der Waals surface area contributed by atoms with Gasteiger partial charge in [-0.3, -0.25) is 0 Å². The lowest BCUT2D eigenvalue weighted by atomic mass is 10.2. The summed E-state index contributed by atoms with van der Waals surface area (Å²) in [6, 6.07) is 6.98. The van der Waals surface area contributed by atoms with E-state index in [-0.39, 0.29) is 12.4 Å². The lowest BCUT2D eigenvalue weighted by molar-refractivity contribution is 0.679. The number of nitrogens with two attached hydrogens (primary N) is 1. The molecule has 0 saturated heterocycles. The zero-order valence-corrected chi connectivity index (χ0v) is 8.95. The normalized spacial score (nSPS) is 14.3. The average molecular weight is 221 g/mol. The number of halogens is 1. The molecule has 1 unspecified atom stereocenters. The molecule has 0 bridgehead atoms. The third kappa shape index (κ3) is 3.34. The fourth-order valence-corrected chi connectivity index (χ4v) is 1.54. The van der Waals surface area contributed by atoms with Crippen LogP contribution in [-0.4, -0.2) is 10.5 Å². The van der Waals surface area contributed by atoms with Crippen molar-refractivity contribution in [3.05, 3.63) is 29.8 Å². The van der Waals surface area contributed by atoms with Crippen molar-refractivity contribution >= 4 is 22.1 Å². The van der Waals surface area contributed by atoms with E-state index < -0.39 is 9.73 Å². The molecule has 0 aliphatic heterocycles. The molecule has 0 spiro atoms. The molecule has 0 aliphatic carbocycles. The van der Waals surface area contributed by atoms with Crippen LogP contribution >= 0.6 is 12.4 Å². The van der Waals surface area contributed by atoms with Crippen LogP contribution in [0, 0.1) is 4.78 Å². The first kappa shape index (κ1) is 12.4. The Kier molecular flexibility index (Phi) is 4.39. The van der Waals surface area contributed by atoms with Crippen molar-refractivity contribution < 1.29 is 4.21 Å². The van der Waals surface area contributed by atoms with E-state index in [0.29, 0.717) is 11.4 Å². The zero-order valence-electron chi connectivity index (χ0n) is 7.32. The van der Waals surface area contributed by atoms with Crippen LogP contribution in [0.25, 0.3) is 0 Å². The highest BCUT2D eigenvalue weighted by Gasteiger charge is 2.01. The summed E-state index contributed by atoms with van der Waals surface area (Å²) in [7, 11) is -2.57. The number of hydrogen-bond donors (Lipinski definition) is 2. The topological polar surface area (TPSA) is 66.9 Å². The van der Waals surface area contributed by atoms with Crippen molar-refractivity contribution in [1.82, 2.24) is 0 Å². The molecule has 5 heteroatoms. The van der Waals surface area contributed by atoms with Crippen LogP contribution in [0.5, 0.6) is 0 Å². The summed E-state index contributed by atoms with van der Waals surface area (Å²) in [6.07, 6.45) is 1.41. The van der Waals surface area contributed by atoms with E-state index in [1.807, 2.05) is 0 Å². The van der Waals surface area contributed by atoms with Gasteiger partial charge < -0.3 is 5.73 Å². The summed E-state index contributed by atoms with van der Waals surface area (Å²) < 4.78 is 18.5. The van der Waals surface area contributed by atoms with Crippen molar-refractivity contribution in [2.75, 3.05) is 6.26 Å². The maximum atomic E-state index is 11.2. The highest BCUT2D eigenvalue weighted by Crippen LogP contribution is 2.10. The highest BCUT2D eigenvalue weighted by atomic mass is 35.5. The number of rotatable bonds is 2. The van der Waals surface area contributed by atoms with Gasteiger partial charge in [0.25, 0.3) is 0 Å². The Morgan fingerprint density at radius 3 is 2.15 bits per heavy atom. The van der Waals surface area contributed by atoms with Gasteiger partial charge in [0, 0.05) is 17.7 Å². The Hall–Kier alpha value is -0.580. The first-order valence-corrected chi connectivity index (χ1v) is 5.53. The van der Waals surface area contributed by atoms with Crippen molar-refractivity contribution in [3.63, 3.8) is 0 Å². The maximum Gasteiger partial charge on any atom is 0.0696 e. The van der Waals surface area contributed by atoms with Crippen molar-refractivity contribution in [1.29, 1.82) is 4.78 Å². The van der Waals surface area contributed by atoms with Crippen LogP contribution in [0.3, 0.4) is 0 Å². The van der Waals surface area contributed by atoms with Crippen molar-refractivity contribution in [2.45, 2.75) is 11.4 Å². The lowest BCUT2D eigenvalue weighted by Gasteiger charge is -2.01. The van der Waals surface area contributed by atoms with Crippen LogP contribution in [-0.2, 0) is 16.3 Å². The smallest absolute Gasteiger partial charge is 0.0696 e. The monoisotopic (exact) mass is 220 g/mol.